The Labute approximate surface area is 154 Å². The van der Waals surface area contributed by atoms with Crippen LogP contribution < -0.4 is 16.1 Å². The average molecular weight is 362 g/mol. The van der Waals surface area contributed by atoms with Crippen molar-refractivity contribution in [3.63, 3.8) is 0 Å². The number of anilines is 1. The summed E-state index contributed by atoms with van der Waals surface area (Å²) in [6.45, 7) is 2.00. The Balaban J connectivity index is 1.63. The molecule has 1 aliphatic heterocycles. The van der Waals surface area contributed by atoms with E-state index in [1.54, 1.807) is 11.0 Å². The van der Waals surface area contributed by atoms with Crippen molar-refractivity contribution in [3.8, 4) is 0 Å². The van der Waals surface area contributed by atoms with E-state index in [0.29, 0.717) is 11.2 Å². The molecule has 3 aromatic rings. The van der Waals surface area contributed by atoms with Gasteiger partial charge < -0.3 is 4.90 Å². The lowest BCUT2D eigenvalue weighted by Crippen LogP contribution is -2.36. The molecule has 1 atom stereocenters. The smallest absolute Gasteiger partial charge is 0.305 e. The maximum Gasteiger partial charge on any atom is 0.330 e. The number of hydrogen-bond donors (Lipinski definition) is 1. The minimum atomic E-state index is -0.510. The number of aromatic nitrogens is 3. The quantitative estimate of drug-likeness (QED) is 0.755. The number of benzene rings is 1. The molecule has 1 amide bonds. The first-order valence-corrected chi connectivity index (χ1v) is 9.10. The van der Waals surface area contributed by atoms with Crippen molar-refractivity contribution in [2.45, 2.75) is 38.3 Å². The number of pyridine rings is 1. The number of hydrogen-bond acceptors (Lipinski definition) is 4. The van der Waals surface area contributed by atoms with Crippen molar-refractivity contribution in [1.82, 2.24) is 14.5 Å². The Kier molecular flexibility index (Phi) is 3.34. The van der Waals surface area contributed by atoms with Crippen molar-refractivity contribution < 1.29 is 4.79 Å². The summed E-state index contributed by atoms with van der Waals surface area (Å²) >= 11 is 0. The molecule has 3 heterocycles. The third kappa shape index (κ3) is 2.42. The number of fused-ring (bicyclic) bond motifs is 2. The SMILES string of the molecule is CC1Cc2ccccc2N1C(=O)c1cnc2c(c1)c(=O)[nH]c(=O)n2C1CC1. The van der Waals surface area contributed by atoms with Gasteiger partial charge in [0.05, 0.1) is 10.9 Å². The third-order valence-electron chi connectivity index (χ3n) is 5.36. The van der Waals surface area contributed by atoms with Gasteiger partial charge in [-0.05, 0) is 43.9 Å². The Morgan fingerprint density at radius 1 is 1.22 bits per heavy atom. The van der Waals surface area contributed by atoms with E-state index in [2.05, 4.69) is 9.97 Å². The van der Waals surface area contributed by atoms with Gasteiger partial charge in [0, 0.05) is 24.0 Å². The third-order valence-corrected chi connectivity index (χ3v) is 5.36. The van der Waals surface area contributed by atoms with E-state index in [-0.39, 0.29) is 23.4 Å². The van der Waals surface area contributed by atoms with E-state index in [0.717, 1.165) is 30.5 Å². The molecular formula is C20H18N4O3. The Morgan fingerprint density at radius 3 is 2.78 bits per heavy atom. The molecule has 0 radical (unpaired) electrons. The zero-order valence-electron chi connectivity index (χ0n) is 14.8. The number of nitrogens with one attached hydrogen (secondary N) is 1. The van der Waals surface area contributed by atoms with E-state index in [1.165, 1.54) is 10.8 Å². The molecule has 2 aromatic heterocycles. The molecule has 1 saturated carbocycles. The van der Waals surface area contributed by atoms with Gasteiger partial charge in [0.2, 0.25) is 0 Å². The molecule has 136 valence electrons. The van der Waals surface area contributed by atoms with Crippen LogP contribution >= 0.6 is 0 Å². The molecule has 0 spiro atoms. The molecule has 0 bridgehead atoms. The van der Waals surface area contributed by atoms with Gasteiger partial charge in [-0.2, -0.15) is 0 Å². The highest BCUT2D eigenvalue weighted by atomic mass is 16.2. The van der Waals surface area contributed by atoms with Gasteiger partial charge in [-0.15, -0.1) is 0 Å². The molecule has 0 saturated heterocycles. The Morgan fingerprint density at radius 2 is 2.00 bits per heavy atom. The average Bonchev–Trinajstić information content (AvgIpc) is 3.42. The van der Waals surface area contributed by atoms with Crippen LogP contribution in [0.3, 0.4) is 0 Å². The summed E-state index contributed by atoms with van der Waals surface area (Å²) < 4.78 is 1.53. The van der Waals surface area contributed by atoms with Crippen LogP contribution in [0, 0.1) is 0 Å². The highest BCUT2D eigenvalue weighted by Gasteiger charge is 2.32. The molecule has 1 fully saturated rings. The lowest BCUT2D eigenvalue weighted by atomic mass is 10.1. The van der Waals surface area contributed by atoms with Crippen molar-refractivity contribution in [1.29, 1.82) is 0 Å². The molecule has 2 aliphatic rings. The largest absolute Gasteiger partial charge is 0.330 e. The number of nitrogens with zero attached hydrogens (tertiary/aromatic N) is 3. The summed E-state index contributed by atoms with van der Waals surface area (Å²) in [6, 6.07) is 9.50. The van der Waals surface area contributed by atoms with Crippen molar-refractivity contribution >= 4 is 22.6 Å². The molecule has 5 rings (SSSR count). The van der Waals surface area contributed by atoms with E-state index in [4.69, 9.17) is 0 Å². The van der Waals surface area contributed by atoms with Gasteiger partial charge in [-0.25, -0.2) is 9.78 Å². The minimum Gasteiger partial charge on any atom is -0.305 e. The molecular weight excluding hydrogens is 344 g/mol. The van der Waals surface area contributed by atoms with Crippen LogP contribution in [0.2, 0.25) is 0 Å². The molecule has 1 unspecified atom stereocenters. The second kappa shape index (κ2) is 5.64. The normalized spacial score (nSPS) is 18.7. The number of carbonyl (C=O) groups is 1. The number of amides is 1. The lowest BCUT2D eigenvalue weighted by molar-refractivity contribution is 0.0981. The second-order valence-corrected chi connectivity index (χ2v) is 7.31. The van der Waals surface area contributed by atoms with Crippen LogP contribution in [-0.4, -0.2) is 26.5 Å². The number of H-pyrrole nitrogens is 1. The first-order chi connectivity index (χ1) is 13.0. The zero-order valence-corrected chi connectivity index (χ0v) is 14.8. The monoisotopic (exact) mass is 362 g/mol. The first kappa shape index (κ1) is 16.0. The summed E-state index contributed by atoms with van der Waals surface area (Å²) in [6.07, 6.45) is 4.05. The van der Waals surface area contributed by atoms with Gasteiger partial charge in [-0.3, -0.25) is 19.1 Å². The van der Waals surface area contributed by atoms with Crippen LogP contribution in [0.5, 0.6) is 0 Å². The van der Waals surface area contributed by atoms with Crippen LogP contribution in [0.25, 0.3) is 11.0 Å². The fraction of sp³-hybridized carbons (Fsp3) is 0.300. The predicted octanol–water partition coefficient (Wildman–Crippen LogP) is 2.01. The van der Waals surface area contributed by atoms with E-state index in [1.807, 2.05) is 31.2 Å². The molecule has 7 heteroatoms. The highest BCUT2D eigenvalue weighted by Crippen LogP contribution is 2.35. The van der Waals surface area contributed by atoms with Gasteiger partial charge in [0.15, 0.2) is 0 Å². The number of carbonyl (C=O) groups excluding carboxylic acids is 1. The number of para-hydroxylation sites is 1. The summed E-state index contributed by atoms with van der Waals surface area (Å²) in [5.74, 6) is -0.189. The summed E-state index contributed by atoms with van der Waals surface area (Å²) in [4.78, 5) is 46.1. The maximum absolute atomic E-state index is 13.2. The van der Waals surface area contributed by atoms with Crippen LogP contribution in [-0.2, 0) is 6.42 Å². The summed E-state index contributed by atoms with van der Waals surface area (Å²) in [7, 11) is 0. The van der Waals surface area contributed by atoms with Crippen LogP contribution in [0.15, 0.2) is 46.1 Å². The Hall–Kier alpha value is -3.22. The van der Waals surface area contributed by atoms with E-state index in [9.17, 15) is 14.4 Å². The molecule has 1 aliphatic carbocycles. The molecule has 7 nitrogen and oxygen atoms in total. The summed E-state index contributed by atoms with van der Waals surface area (Å²) in [5, 5.41) is 0.271. The van der Waals surface area contributed by atoms with Crippen LogP contribution in [0.1, 0.15) is 41.7 Å². The van der Waals surface area contributed by atoms with Gasteiger partial charge in [-0.1, -0.05) is 18.2 Å². The minimum absolute atomic E-state index is 0.0318. The first-order valence-electron chi connectivity index (χ1n) is 9.10. The van der Waals surface area contributed by atoms with E-state index < -0.39 is 11.2 Å². The molecule has 1 aromatic carbocycles. The summed E-state index contributed by atoms with van der Waals surface area (Å²) in [5.41, 5.74) is 1.77. The number of rotatable bonds is 2. The predicted molar refractivity (Wildman–Crippen MR) is 101 cm³/mol. The fourth-order valence-corrected chi connectivity index (χ4v) is 3.94. The fourth-order valence-electron chi connectivity index (χ4n) is 3.94. The van der Waals surface area contributed by atoms with Crippen LogP contribution in [0.4, 0.5) is 5.69 Å². The van der Waals surface area contributed by atoms with E-state index >= 15 is 0 Å². The van der Waals surface area contributed by atoms with Crippen molar-refractivity contribution in [3.05, 3.63) is 68.5 Å². The number of aromatic amines is 1. The Bertz CT molecular complexity index is 1210. The standard InChI is InChI=1S/C20H18N4O3/c1-11-8-12-4-2-3-5-16(12)23(11)19(26)13-9-15-17(21-10-13)24(14-6-7-14)20(27)22-18(15)25/h2-5,9-11,14H,6-8H2,1H3,(H,22,25,27). The van der Waals surface area contributed by atoms with Gasteiger partial charge in [0.25, 0.3) is 11.5 Å². The topological polar surface area (TPSA) is 88.1 Å². The molecule has 27 heavy (non-hydrogen) atoms. The highest BCUT2D eigenvalue weighted by molar-refractivity contribution is 6.08. The second-order valence-electron chi connectivity index (χ2n) is 7.31. The van der Waals surface area contributed by atoms with Crippen molar-refractivity contribution in [2.24, 2.45) is 0 Å². The van der Waals surface area contributed by atoms with Gasteiger partial charge >= 0.3 is 5.69 Å². The molecule has 1 N–H and O–H groups in total. The lowest BCUT2D eigenvalue weighted by Gasteiger charge is -2.22. The zero-order chi connectivity index (χ0) is 18.7. The maximum atomic E-state index is 13.2. The van der Waals surface area contributed by atoms with Crippen molar-refractivity contribution in [2.75, 3.05) is 4.90 Å². The van der Waals surface area contributed by atoms with Gasteiger partial charge in [0.1, 0.15) is 5.65 Å².